The summed E-state index contributed by atoms with van der Waals surface area (Å²) in [5, 5.41) is 2.15. The lowest BCUT2D eigenvalue weighted by Crippen LogP contribution is -1.97. The highest BCUT2D eigenvalue weighted by Crippen LogP contribution is 2.38. The van der Waals surface area contributed by atoms with Crippen LogP contribution in [0.3, 0.4) is 0 Å². The van der Waals surface area contributed by atoms with E-state index in [9.17, 15) is 0 Å². The van der Waals surface area contributed by atoms with E-state index in [2.05, 4.69) is 168 Å². The molecular formula is C56H36N4O. The zero-order valence-electron chi connectivity index (χ0n) is 33.0. The predicted octanol–water partition coefficient (Wildman–Crippen LogP) is 14.5. The number of para-hydroxylation sites is 1. The number of furan rings is 1. The van der Waals surface area contributed by atoms with E-state index in [-0.39, 0.29) is 0 Å². The Hall–Kier alpha value is -8.28. The molecule has 0 saturated carbocycles. The Labute approximate surface area is 353 Å². The third-order valence-electron chi connectivity index (χ3n) is 11.3. The van der Waals surface area contributed by atoms with Crippen LogP contribution in [0.1, 0.15) is 0 Å². The van der Waals surface area contributed by atoms with Gasteiger partial charge >= 0.3 is 0 Å². The zero-order chi connectivity index (χ0) is 40.5. The van der Waals surface area contributed by atoms with Gasteiger partial charge in [0, 0.05) is 63.4 Å². The summed E-state index contributed by atoms with van der Waals surface area (Å²) in [7, 11) is 0. The fraction of sp³-hybridized carbons (Fsp3) is 0. The molecule has 0 saturated heterocycles. The van der Waals surface area contributed by atoms with Crippen LogP contribution < -0.4 is 0 Å². The highest BCUT2D eigenvalue weighted by molar-refractivity contribution is 6.05. The highest BCUT2D eigenvalue weighted by atomic mass is 16.3. The fourth-order valence-corrected chi connectivity index (χ4v) is 8.13. The first-order valence-corrected chi connectivity index (χ1v) is 20.3. The Morgan fingerprint density at radius 1 is 0.279 bits per heavy atom. The van der Waals surface area contributed by atoms with Gasteiger partial charge in [-0.25, -0.2) is 9.97 Å². The molecule has 4 heterocycles. The van der Waals surface area contributed by atoms with Gasteiger partial charge in [0.2, 0.25) is 0 Å². The molecule has 0 amide bonds. The van der Waals surface area contributed by atoms with Gasteiger partial charge in [0.15, 0.2) is 5.82 Å². The predicted molar refractivity (Wildman–Crippen MR) is 248 cm³/mol. The summed E-state index contributed by atoms with van der Waals surface area (Å²) in [5.74, 6) is 0.617. The first-order valence-electron chi connectivity index (χ1n) is 20.3. The van der Waals surface area contributed by atoms with Crippen molar-refractivity contribution in [3.63, 3.8) is 0 Å². The summed E-state index contributed by atoms with van der Waals surface area (Å²) >= 11 is 0. The van der Waals surface area contributed by atoms with Gasteiger partial charge in [0.1, 0.15) is 11.2 Å². The highest BCUT2D eigenvalue weighted by Gasteiger charge is 2.16. The lowest BCUT2D eigenvalue weighted by molar-refractivity contribution is 0.669. The number of benzene rings is 7. The SMILES string of the molecule is c1ccc(-c2ccc(-c3cc(-c4cc(-c5cccc(-c6cccnc6)c5)cc(-c5cccc(-c6cccnc6)c5)c4)nc(-c4ccc5c(c4)oc4ccccc45)n3)cc2)cc1. The molecule has 4 aromatic heterocycles. The van der Waals surface area contributed by atoms with Crippen molar-refractivity contribution >= 4 is 21.9 Å². The first-order chi connectivity index (χ1) is 30.2. The average Bonchev–Trinajstić information content (AvgIpc) is 3.73. The molecule has 0 aliphatic carbocycles. The second kappa shape index (κ2) is 15.5. The Balaban J connectivity index is 1.10. The number of pyridine rings is 2. The van der Waals surface area contributed by atoms with E-state index in [1.807, 2.05) is 48.8 Å². The average molecular weight is 781 g/mol. The van der Waals surface area contributed by atoms with Gasteiger partial charge in [-0.15, -0.1) is 0 Å². The van der Waals surface area contributed by atoms with E-state index in [0.717, 1.165) is 100 Å². The van der Waals surface area contributed by atoms with Crippen molar-refractivity contribution in [2.75, 3.05) is 0 Å². The standard InChI is InChI=1S/C56H36N4O/c1-2-10-37(11-3-1)38-20-22-39(23-21-38)52-34-53(60-56(59-52)44-24-25-51-50-18-4-5-19-54(50)61-55(51)33-44)49-31-47(42-14-6-12-40(28-42)45-16-8-26-57-35-45)30-48(32-49)43-15-7-13-41(29-43)46-17-9-27-58-36-46/h1-36H. The summed E-state index contributed by atoms with van der Waals surface area (Å²) < 4.78 is 6.35. The van der Waals surface area contributed by atoms with E-state index in [1.165, 1.54) is 5.56 Å². The van der Waals surface area contributed by atoms with E-state index in [4.69, 9.17) is 14.4 Å². The molecule has 11 aromatic rings. The van der Waals surface area contributed by atoms with Crippen molar-refractivity contribution in [3.8, 4) is 89.5 Å². The molecule has 286 valence electrons. The molecule has 0 spiro atoms. The maximum absolute atomic E-state index is 6.35. The van der Waals surface area contributed by atoms with Gasteiger partial charge in [-0.1, -0.05) is 127 Å². The van der Waals surface area contributed by atoms with E-state index < -0.39 is 0 Å². The minimum Gasteiger partial charge on any atom is -0.456 e. The van der Waals surface area contributed by atoms with Gasteiger partial charge in [-0.3, -0.25) is 9.97 Å². The third-order valence-corrected chi connectivity index (χ3v) is 11.3. The summed E-state index contributed by atoms with van der Waals surface area (Å²) in [5.41, 5.74) is 17.1. The zero-order valence-corrected chi connectivity index (χ0v) is 33.0. The molecule has 0 atom stereocenters. The molecule has 0 bridgehead atoms. The number of hydrogen-bond donors (Lipinski definition) is 0. The second-order valence-corrected chi connectivity index (χ2v) is 15.2. The van der Waals surface area contributed by atoms with Crippen molar-refractivity contribution < 1.29 is 4.42 Å². The minimum atomic E-state index is 0.617. The lowest BCUT2D eigenvalue weighted by Gasteiger charge is -2.14. The second-order valence-electron chi connectivity index (χ2n) is 15.2. The molecule has 5 heteroatoms. The van der Waals surface area contributed by atoms with Gasteiger partial charge in [-0.05, 0) is 111 Å². The maximum atomic E-state index is 6.35. The molecule has 7 aromatic carbocycles. The lowest BCUT2D eigenvalue weighted by atomic mass is 9.92. The summed E-state index contributed by atoms with van der Waals surface area (Å²) in [6, 6.07) is 67.8. The van der Waals surface area contributed by atoms with Crippen molar-refractivity contribution in [2.45, 2.75) is 0 Å². The number of fused-ring (bicyclic) bond motifs is 3. The maximum Gasteiger partial charge on any atom is 0.160 e. The summed E-state index contributed by atoms with van der Waals surface area (Å²) in [6.07, 6.45) is 7.42. The van der Waals surface area contributed by atoms with Crippen LogP contribution in [0.4, 0.5) is 0 Å². The fourth-order valence-electron chi connectivity index (χ4n) is 8.13. The van der Waals surface area contributed by atoms with Crippen LogP contribution in [-0.2, 0) is 0 Å². The van der Waals surface area contributed by atoms with Gasteiger partial charge in [0.25, 0.3) is 0 Å². The van der Waals surface area contributed by atoms with Crippen LogP contribution in [0.25, 0.3) is 111 Å². The molecule has 5 nitrogen and oxygen atoms in total. The Bertz CT molecular complexity index is 3240. The molecule has 0 N–H and O–H groups in total. The molecule has 61 heavy (non-hydrogen) atoms. The van der Waals surface area contributed by atoms with Gasteiger partial charge in [-0.2, -0.15) is 0 Å². The summed E-state index contributed by atoms with van der Waals surface area (Å²) in [4.78, 5) is 19.4. The van der Waals surface area contributed by atoms with Crippen LogP contribution in [0.15, 0.2) is 223 Å². The Kier molecular flexibility index (Phi) is 9.10. The smallest absolute Gasteiger partial charge is 0.160 e. The Morgan fingerprint density at radius 3 is 1.39 bits per heavy atom. The molecule has 0 unspecified atom stereocenters. The van der Waals surface area contributed by atoms with Gasteiger partial charge < -0.3 is 4.42 Å². The summed E-state index contributed by atoms with van der Waals surface area (Å²) in [6.45, 7) is 0. The van der Waals surface area contributed by atoms with Gasteiger partial charge in [0.05, 0.1) is 11.4 Å². The van der Waals surface area contributed by atoms with Crippen LogP contribution in [0.2, 0.25) is 0 Å². The van der Waals surface area contributed by atoms with Crippen molar-refractivity contribution in [1.29, 1.82) is 0 Å². The molecule has 0 aliphatic rings. The molecule has 11 rings (SSSR count). The monoisotopic (exact) mass is 780 g/mol. The quantitative estimate of drug-likeness (QED) is 0.154. The van der Waals surface area contributed by atoms with E-state index in [0.29, 0.717) is 5.82 Å². The molecule has 0 fully saturated rings. The molecule has 0 aliphatic heterocycles. The number of nitrogens with zero attached hydrogens (tertiary/aromatic N) is 4. The van der Waals surface area contributed by atoms with Crippen LogP contribution in [0.5, 0.6) is 0 Å². The largest absolute Gasteiger partial charge is 0.456 e. The number of aromatic nitrogens is 4. The normalized spacial score (nSPS) is 11.3. The topological polar surface area (TPSA) is 64.7 Å². The number of rotatable bonds is 8. The van der Waals surface area contributed by atoms with E-state index in [1.54, 1.807) is 12.4 Å². The van der Waals surface area contributed by atoms with E-state index >= 15 is 0 Å². The van der Waals surface area contributed by atoms with Crippen LogP contribution >= 0.6 is 0 Å². The minimum absolute atomic E-state index is 0.617. The molecule has 0 radical (unpaired) electrons. The van der Waals surface area contributed by atoms with Crippen molar-refractivity contribution in [1.82, 2.24) is 19.9 Å². The Morgan fingerprint density at radius 2 is 0.754 bits per heavy atom. The van der Waals surface area contributed by atoms with Crippen LogP contribution in [0, 0.1) is 0 Å². The first kappa shape index (κ1) is 35.8. The number of hydrogen-bond acceptors (Lipinski definition) is 5. The third kappa shape index (κ3) is 7.15. The van der Waals surface area contributed by atoms with Crippen molar-refractivity contribution in [3.05, 3.63) is 219 Å². The van der Waals surface area contributed by atoms with Crippen LogP contribution in [-0.4, -0.2) is 19.9 Å². The molecular weight excluding hydrogens is 745 g/mol. The van der Waals surface area contributed by atoms with Crippen molar-refractivity contribution in [2.24, 2.45) is 0 Å².